The standard InChI is InChI=1S/C15H24N2O2/c1-16-8-5-9-17(10-11-19-13-12-18-2)15-7-4-3-6-14(15)16/h3-4,6-7H,5,8-13H2,1-2H3. The minimum Gasteiger partial charge on any atom is -0.382 e. The normalized spacial score (nSPS) is 15.3. The number of hydrogen-bond donors (Lipinski definition) is 0. The molecule has 0 atom stereocenters. The number of rotatable bonds is 6. The molecule has 106 valence electrons. The Balaban J connectivity index is 1.94. The van der Waals surface area contributed by atoms with E-state index in [1.807, 2.05) is 0 Å². The lowest BCUT2D eigenvalue weighted by Crippen LogP contribution is -2.28. The molecule has 0 fully saturated rings. The molecule has 0 bridgehead atoms. The second-order valence-corrected chi connectivity index (χ2v) is 4.86. The summed E-state index contributed by atoms with van der Waals surface area (Å²) in [5.74, 6) is 0. The molecular formula is C15H24N2O2. The van der Waals surface area contributed by atoms with Crippen molar-refractivity contribution >= 4 is 11.4 Å². The molecule has 4 nitrogen and oxygen atoms in total. The Morgan fingerprint density at radius 3 is 2.63 bits per heavy atom. The lowest BCUT2D eigenvalue weighted by molar-refractivity contribution is 0.0740. The molecule has 0 spiro atoms. The van der Waals surface area contributed by atoms with Crippen molar-refractivity contribution in [3.8, 4) is 0 Å². The van der Waals surface area contributed by atoms with Gasteiger partial charge in [-0.25, -0.2) is 0 Å². The molecule has 0 N–H and O–H groups in total. The van der Waals surface area contributed by atoms with Gasteiger partial charge in [0, 0.05) is 33.8 Å². The largest absolute Gasteiger partial charge is 0.382 e. The fourth-order valence-electron chi connectivity index (χ4n) is 2.45. The first kappa shape index (κ1) is 14.2. The predicted octanol–water partition coefficient (Wildman–Crippen LogP) is 2.00. The summed E-state index contributed by atoms with van der Waals surface area (Å²) in [6.45, 7) is 5.23. The highest BCUT2D eigenvalue weighted by atomic mass is 16.5. The van der Waals surface area contributed by atoms with Gasteiger partial charge in [-0.3, -0.25) is 0 Å². The number of para-hydroxylation sites is 2. The van der Waals surface area contributed by atoms with Gasteiger partial charge in [0.1, 0.15) is 0 Å². The number of fused-ring (bicyclic) bond motifs is 1. The van der Waals surface area contributed by atoms with E-state index in [0.717, 1.165) is 26.2 Å². The minimum atomic E-state index is 0.666. The van der Waals surface area contributed by atoms with Crippen LogP contribution < -0.4 is 9.80 Å². The maximum absolute atomic E-state index is 5.58. The maximum atomic E-state index is 5.58. The Morgan fingerprint density at radius 2 is 1.84 bits per heavy atom. The molecule has 1 aromatic rings. The van der Waals surface area contributed by atoms with E-state index in [4.69, 9.17) is 9.47 Å². The van der Waals surface area contributed by atoms with E-state index in [9.17, 15) is 0 Å². The summed E-state index contributed by atoms with van der Waals surface area (Å²) in [6, 6.07) is 8.61. The Morgan fingerprint density at radius 1 is 1.05 bits per heavy atom. The minimum absolute atomic E-state index is 0.666. The topological polar surface area (TPSA) is 24.9 Å². The molecule has 1 aliphatic rings. The SMILES string of the molecule is COCCOCCN1CCCN(C)c2ccccc21. The van der Waals surface area contributed by atoms with Crippen molar-refractivity contribution in [3.63, 3.8) is 0 Å². The highest BCUT2D eigenvalue weighted by Crippen LogP contribution is 2.30. The van der Waals surface area contributed by atoms with Crippen molar-refractivity contribution < 1.29 is 9.47 Å². The van der Waals surface area contributed by atoms with Gasteiger partial charge in [-0.2, -0.15) is 0 Å². The molecule has 0 amide bonds. The average Bonchev–Trinajstić information content (AvgIpc) is 2.59. The second-order valence-electron chi connectivity index (χ2n) is 4.86. The van der Waals surface area contributed by atoms with Gasteiger partial charge in [-0.1, -0.05) is 12.1 Å². The van der Waals surface area contributed by atoms with Crippen LogP contribution in [0.15, 0.2) is 24.3 Å². The molecule has 0 radical (unpaired) electrons. The summed E-state index contributed by atoms with van der Waals surface area (Å²) in [6.07, 6.45) is 1.18. The lowest BCUT2D eigenvalue weighted by Gasteiger charge is -2.25. The van der Waals surface area contributed by atoms with Crippen molar-refractivity contribution in [2.24, 2.45) is 0 Å². The lowest BCUT2D eigenvalue weighted by atomic mass is 10.2. The van der Waals surface area contributed by atoms with Crippen LogP contribution in [0.2, 0.25) is 0 Å². The van der Waals surface area contributed by atoms with Crippen LogP contribution in [0, 0.1) is 0 Å². The Kier molecular flexibility index (Phi) is 5.48. The summed E-state index contributed by atoms with van der Waals surface area (Å²) < 4.78 is 10.6. The molecule has 19 heavy (non-hydrogen) atoms. The van der Waals surface area contributed by atoms with Crippen LogP contribution >= 0.6 is 0 Å². The first-order valence-electron chi connectivity index (χ1n) is 6.94. The van der Waals surface area contributed by atoms with Crippen LogP contribution in [0.1, 0.15) is 6.42 Å². The Labute approximate surface area is 115 Å². The van der Waals surface area contributed by atoms with E-state index >= 15 is 0 Å². The number of nitrogens with zero attached hydrogens (tertiary/aromatic N) is 2. The van der Waals surface area contributed by atoms with Gasteiger partial charge in [0.05, 0.1) is 31.2 Å². The molecule has 0 aromatic heterocycles. The van der Waals surface area contributed by atoms with Gasteiger partial charge in [0.2, 0.25) is 0 Å². The number of benzene rings is 1. The smallest absolute Gasteiger partial charge is 0.0701 e. The zero-order chi connectivity index (χ0) is 13.5. The molecule has 1 aromatic carbocycles. The third-order valence-corrected chi connectivity index (χ3v) is 3.49. The molecule has 0 aliphatic carbocycles. The fraction of sp³-hybridized carbons (Fsp3) is 0.600. The summed E-state index contributed by atoms with van der Waals surface area (Å²) >= 11 is 0. The van der Waals surface area contributed by atoms with Crippen molar-refractivity contribution in [3.05, 3.63) is 24.3 Å². The quantitative estimate of drug-likeness (QED) is 0.734. The van der Waals surface area contributed by atoms with Crippen molar-refractivity contribution in [1.82, 2.24) is 0 Å². The van der Waals surface area contributed by atoms with Crippen LogP contribution in [0.5, 0.6) is 0 Å². The van der Waals surface area contributed by atoms with E-state index < -0.39 is 0 Å². The first-order valence-corrected chi connectivity index (χ1v) is 6.94. The fourth-order valence-corrected chi connectivity index (χ4v) is 2.45. The van der Waals surface area contributed by atoms with Crippen LogP contribution in [-0.4, -0.2) is 53.6 Å². The summed E-state index contributed by atoms with van der Waals surface area (Å²) in [4.78, 5) is 4.76. The first-order chi connectivity index (χ1) is 9.33. The third-order valence-electron chi connectivity index (χ3n) is 3.49. The molecule has 0 saturated heterocycles. The van der Waals surface area contributed by atoms with Crippen LogP contribution in [-0.2, 0) is 9.47 Å². The Bertz CT molecular complexity index is 384. The van der Waals surface area contributed by atoms with Gasteiger partial charge in [0.25, 0.3) is 0 Å². The van der Waals surface area contributed by atoms with E-state index in [2.05, 4.69) is 41.1 Å². The average molecular weight is 264 g/mol. The number of methoxy groups -OCH3 is 1. The maximum Gasteiger partial charge on any atom is 0.0701 e. The van der Waals surface area contributed by atoms with Crippen LogP contribution in [0.4, 0.5) is 11.4 Å². The van der Waals surface area contributed by atoms with E-state index in [1.165, 1.54) is 17.8 Å². The van der Waals surface area contributed by atoms with Gasteiger partial charge in [0.15, 0.2) is 0 Å². The highest BCUT2D eigenvalue weighted by Gasteiger charge is 2.17. The highest BCUT2D eigenvalue weighted by molar-refractivity contribution is 5.71. The Hall–Kier alpha value is -1.26. The van der Waals surface area contributed by atoms with Gasteiger partial charge < -0.3 is 19.3 Å². The number of hydrogen-bond acceptors (Lipinski definition) is 4. The summed E-state index contributed by atoms with van der Waals surface area (Å²) in [5.41, 5.74) is 2.63. The van der Waals surface area contributed by atoms with Crippen LogP contribution in [0.25, 0.3) is 0 Å². The van der Waals surface area contributed by atoms with Gasteiger partial charge in [-0.05, 0) is 18.6 Å². The molecule has 4 heteroatoms. The van der Waals surface area contributed by atoms with E-state index in [1.54, 1.807) is 7.11 Å². The summed E-state index contributed by atoms with van der Waals surface area (Å²) in [5, 5.41) is 0. The monoisotopic (exact) mass is 264 g/mol. The van der Waals surface area contributed by atoms with E-state index in [0.29, 0.717) is 13.2 Å². The van der Waals surface area contributed by atoms with Crippen LogP contribution in [0.3, 0.4) is 0 Å². The zero-order valence-corrected chi connectivity index (χ0v) is 12.0. The van der Waals surface area contributed by atoms with Gasteiger partial charge in [-0.15, -0.1) is 0 Å². The zero-order valence-electron chi connectivity index (χ0n) is 12.0. The summed E-state index contributed by atoms with van der Waals surface area (Å²) in [7, 11) is 3.86. The molecular weight excluding hydrogens is 240 g/mol. The third kappa shape index (κ3) is 3.85. The van der Waals surface area contributed by atoms with Gasteiger partial charge >= 0.3 is 0 Å². The molecule has 2 rings (SSSR count). The molecule has 0 unspecified atom stereocenters. The van der Waals surface area contributed by atoms with E-state index in [-0.39, 0.29) is 0 Å². The van der Waals surface area contributed by atoms with Crippen molar-refractivity contribution in [2.45, 2.75) is 6.42 Å². The van der Waals surface area contributed by atoms with Crippen molar-refractivity contribution in [1.29, 1.82) is 0 Å². The van der Waals surface area contributed by atoms with Crippen molar-refractivity contribution in [2.75, 3.05) is 63.4 Å². The molecule has 1 aliphatic heterocycles. The number of ether oxygens (including phenoxy) is 2. The second kappa shape index (κ2) is 7.36. The molecule has 1 heterocycles. The molecule has 0 saturated carbocycles. The number of anilines is 2. The predicted molar refractivity (Wildman–Crippen MR) is 79.2 cm³/mol.